The van der Waals surface area contributed by atoms with Gasteiger partial charge in [-0.05, 0) is 30.7 Å². The first-order valence-corrected chi connectivity index (χ1v) is 5.48. The Labute approximate surface area is 104 Å². The first-order valence-electron chi connectivity index (χ1n) is 5.48. The molecular formula is C13H14N2O3. The summed E-state index contributed by atoms with van der Waals surface area (Å²) in [5.41, 5.74) is 7.71. The van der Waals surface area contributed by atoms with Gasteiger partial charge in [0.2, 0.25) is 0 Å². The van der Waals surface area contributed by atoms with Crippen molar-refractivity contribution in [3.8, 4) is 5.75 Å². The van der Waals surface area contributed by atoms with Crippen LogP contribution in [-0.4, -0.2) is 23.2 Å². The quantitative estimate of drug-likeness (QED) is 0.861. The van der Waals surface area contributed by atoms with E-state index < -0.39 is 5.97 Å². The highest BCUT2D eigenvalue weighted by atomic mass is 16.5. The van der Waals surface area contributed by atoms with E-state index in [2.05, 4.69) is 4.98 Å². The smallest absolute Gasteiger partial charge is 0.336 e. The average molecular weight is 246 g/mol. The number of carbonyl (C=O) groups is 1. The van der Waals surface area contributed by atoms with E-state index >= 15 is 0 Å². The molecule has 0 spiro atoms. The summed E-state index contributed by atoms with van der Waals surface area (Å²) in [6, 6.07) is 5.11. The fraction of sp³-hybridized carbons (Fsp3) is 0.231. The lowest BCUT2D eigenvalue weighted by atomic mass is 10.0. The molecule has 0 saturated carbocycles. The van der Waals surface area contributed by atoms with E-state index in [-0.39, 0.29) is 12.1 Å². The number of nitrogens with zero attached hydrogens (tertiary/aromatic N) is 1. The summed E-state index contributed by atoms with van der Waals surface area (Å²) in [4.78, 5) is 15.6. The lowest BCUT2D eigenvalue weighted by molar-refractivity contribution is 0.0699. The van der Waals surface area contributed by atoms with Gasteiger partial charge < -0.3 is 15.6 Å². The minimum atomic E-state index is -0.996. The maximum Gasteiger partial charge on any atom is 0.336 e. The Balaban J connectivity index is 2.90. The molecule has 1 aromatic heterocycles. The molecule has 3 N–H and O–H groups in total. The highest BCUT2D eigenvalue weighted by molar-refractivity contribution is 6.04. The van der Waals surface area contributed by atoms with Crippen LogP contribution in [0.25, 0.3) is 10.9 Å². The third-order valence-corrected chi connectivity index (χ3v) is 2.74. The fourth-order valence-electron chi connectivity index (χ4n) is 1.92. The standard InChI is InChI=1S/C13H14N2O3/c1-7-3-9-10(13(16)17)5-8(6-14)15-12(9)11(4-7)18-2/h3-5H,6,14H2,1-2H3,(H,16,17). The Morgan fingerprint density at radius 1 is 1.44 bits per heavy atom. The molecule has 18 heavy (non-hydrogen) atoms. The zero-order valence-corrected chi connectivity index (χ0v) is 10.2. The second kappa shape index (κ2) is 4.62. The van der Waals surface area contributed by atoms with E-state index in [1.807, 2.05) is 13.0 Å². The Bertz CT molecular complexity index is 623. The summed E-state index contributed by atoms with van der Waals surface area (Å²) < 4.78 is 5.25. The normalized spacial score (nSPS) is 10.6. The van der Waals surface area contributed by atoms with Crippen LogP contribution in [0.1, 0.15) is 21.6 Å². The first kappa shape index (κ1) is 12.3. The van der Waals surface area contributed by atoms with Crippen molar-refractivity contribution in [3.63, 3.8) is 0 Å². The number of aromatic nitrogens is 1. The van der Waals surface area contributed by atoms with Gasteiger partial charge in [0.25, 0.3) is 0 Å². The predicted molar refractivity (Wildman–Crippen MR) is 67.9 cm³/mol. The van der Waals surface area contributed by atoms with Crippen LogP contribution >= 0.6 is 0 Å². The van der Waals surface area contributed by atoms with Crippen LogP contribution in [0.5, 0.6) is 5.75 Å². The van der Waals surface area contributed by atoms with Crippen molar-refractivity contribution in [2.45, 2.75) is 13.5 Å². The molecule has 0 radical (unpaired) electrons. The molecule has 0 fully saturated rings. The highest BCUT2D eigenvalue weighted by Gasteiger charge is 2.15. The summed E-state index contributed by atoms with van der Waals surface area (Å²) in [5, 5.41) is 9.81. The minimum Gasteiger partial charge on any atom is -0.494 e. The van der Waals surface area contributed by atoms with Crippen molar-refractivity contribution in [3.05, 3.63) is 35.0 Å². The lowest BCUT2D eigenvalue weighted by Crippen LogP contribution is -2.06. The van der Waals surface area contributed by atoms with Crippen molar-refractivity contribution in [1.82, 2.24) is 4.98 Å². The van der Waals surface area contributed by atoms with Crippen LogP contribution in [0.2, 0.25) is 0 Å². The van der Waals surface area contributed by atoms with Gasteiger partial charge in [0, 0.05) is 11.9 Å². The molecule has 0 unspecified atom stereocenters. The van der Waals surface area contributed by atoms with Crippen molar-refractivity contribution in [1.29, 1.82) is 0 Å². The molecule has 2 aromatic rings. The zero-order valence-electron chi connectivity index (χ0n) is 10.2. The molecule has 0 bridgehead atoms. The summed E-state index contributed by atoms with van der Waals surface area (Å²) in [5.74, 6) is -0.437. The van der Waals surface area contributed by atoms with E-state index in [0.717, 1.165) is 5.56 Å². The van der Waals surface area contributed by atoms with Gasteiger partial charge in [0.05, 0.1) is 18.4 Å². The third-order valence-electron chi connectivity index (χ3n) is 2.74. The Kier molecular flexibility index (Phi) is 3.16. The largest absolute Gasteiger partial charge is 0.494 e. The topological polar surface area (TPSA) is 85.4 Å². The van der Waals surface area contributed by atoms with Crippen molar-refractivity contribution < 1.29 is 14.6 Å². The van der Waals surface area contributed by atoms with Gasteiger partial charge in [0.15, 0.2) is 0 Å². The molecule has 0 atom stereocenters. The monoisotopic (exact) mass is 246 g/mol. The molecule has 0 aliphatic heterocycles. The molecule has 0 aliphatic carbocycles. The number of carboxylic acid groups (broad SMARTS) is 1. The number of rotatable bonds is 3. The van der Waals surface area contributed by atoms with Gasteiger partial charge in [-0.15, -0.1) is 0 Å². The van der Waals surface area contributed by atoms with Crippen LogP contribution < -0.4 is 10.5 Å². The molecule has 5 heteroatoms. The lowest BCUT2D eigenvalue weighted by Gasteiger charge is -2.10. The maximum absolute atomic E-state index is 11.3. The highest BCUT2D eigenvalue weighted by Crippen LogP contribution is 2.28. The molecule has 94 valence electrons. The van der Waals surface area contributed by atoms with E-state index in [1.54, 1.807) is 6.07 Å². The van der Waals surface area contributed by atoms with Gasteiger partial charge in [-0.25, -0.2) is 9.78 Å². The SMILES string of the molecule is COc1cc(C)cc2c(C(=O)O)cc(CN)nc12. The second-order valence-corrected chi connectivity index (χ2v) is 4.03. The molecule has 1 heterocycles. The van der Waals surface area contributed by atoms with Crippen LogP contribution in [0.4, 0.5) is 0 Å². The summed E-state index contributed by atoms with van der Waals surface area (Å²) in [6.45, 7) is 2.07. The molecule has 5 nitrogen and oxygen atoms in total. The number of hydrogen-bond acceptors (Lipinski definition) is 4. The van der Waals surface area contributed by atoms with Crippen molar-refractivity contribution in [2.75, 3.05) is 7.11 Å². The number of pyridine rings is 1. The summed E-state index contributed by atoms with van der Waals surface area (Å²) in [6.07, 6.45) is 0. The number of nitrogens with two attached hydrogens (primary N) is 1. The number of ether oxygens (including phenoxy) is 1. The fourth-order valence-corrected chi connectivity index (χ4v) is 1.92. The van der Waals surface area contributed by atoms with Crippen molar-refractivity contribution in [2.24, 2.45) is 5.73 Å². The van der Waals surface area contributed by atoms with Crippen LogP contribution in [0.3, 0.4) is 0 Å². The van der Waals surface area contributed by atoms with Gasteiger partial charge in [-0.1, -0.05) is 0 Å². The predicted octanol–water partition coefficient (Wildman–Crippen LogP) is 1.71. The Morgan fingerprint density at radius 2 is 2.17 bits per heavy atom. The van der Waals surface area contributed by atoms with E-state index in [4.69, 9.17) is 10.5 Å². The Morgan fingerprint density at radius 3 is 2.72 bits per heavy atom. The average Bonchev–Trinajstić information content (AvgIpc) is 2.36. The van der Waals surface area contributed by atoms with Crippen LogP contribution in [0.15, 0.2) is 18.2 Å². The summed E-state index contributed by atoms with van der Waals surface area (Å²) >= 11 is 0. The number of benzene rings is 1. The van der Waals surface area contributed by atoms with Gasteiger partial charge >= 0.3 is 5.97 Å². The Hall–Kier alpha value is -2.14. The number of carboxylic acids is 1. The number of methoxy groups -OCH3 is 1. The van der Waals surface area contributed by atoms with E-state index in [1.165, 1.54) is 13.2 Å². The van der Waals surface area contributed by atoms with E-state index in [9.17, 15) is 9.90 Å². The number of hydrogen-bond donors (Lipinski definition) is 2. The van der Waals surface area contributed by atoms with Crippen molar-refractivity contribution >= 4 is 16.9 Å². The number of fused-ring (bicyclic) bond motifs is 1. The zero-order chi connectivity index (χ0) is 13.3. The molecular weight excluding hydrogens is 232 g/mol. The van der Waals surface area contributed by atoms with Crippen LogP contribution in [0, 0.1) is 6.92 Å². The van der Waals surface area contributed by atoms with Gasteiger partial charge in [-0.2, -0.15) is 0 Å². The van der Waals surface area contributed by atoms with E-state index in [0.29, 0.717) is 22.3 Å². The molecule has 2 rings (SSSR count). The van der Waals surface area contributed by atoms with Gasteiger partial charge in [0.1, 0.15) is 11.3 Å². The van der Waals surface area contributed by atoms with Crippen LogP contribution in [-0.2, 0) is 6.54 Å². The first-order chi connectivity index (χ1) is 8.56. The van der Waals surface area contributed by atoms with Gasteiger partial charge in [-0.3, -0.25) is 0 Å². The molecule has 1 aromatic carbocycles. The number of aryl methyl sites for hydroxylation is 1. The molecule has 0 saturated heterocycles. The third kappa shape index (κ3) is 2.00. The second-order valence-electron chi connectivity index (χ2n) is 4.03. The summed E-state index contributed by atoms with van der Waals surface area (Å²) in [7, 11) is 1.53. The minimum absolute atomic E-state index is 0.188. The maximum atomic E-state index is 11.3. The molecule has 0 amide bonds. The molecule has 0 aliphatic rings. The number of aromatic carboxylic acids is 1.